The number of anilines is 1. The van der Waals surface area contributed by atoms with Gasteiger partial charge in [-0.05, 0) is 66.6 Å². The molecule has 0 saturated carbocycles. The molecule has 11 nitrogen and oxygen atoms in total. The fraction of sp³-hybridized carbons (Fsp3) is 0.303. The number of nitrogens with one attached hydrogen (secondary N) is 2. The van der Waals surface area contributed by atoms with Gasteiger partial charge in [-0.2, -0.15) is 5.10 Å². The lowest BCUT2D eigenvalue weighted by Crippen LogP contribution is -2.19. The SMILES string of the molecule is CCCCCCOc1ccc(OCCOc2ccc(C=NNC(=O)Cc3nnc(NC(=O)c4ccccc4)s3)cc2OC)cc1. The van der Waals surface area contributed by atoms with Crippen molar-refractivity contribution in [2.75, 3.05) is 32.2 Å². The number of carbonyl (C=O) groups excluding carboxylic acids is 2. The first-order valence-corrected chi connectivity index (χ1v) is 15.5. The summed E-state index contributed by atoms with van der Waals surface area (Å²) in [6.07, 6.45) is 6.15. The van der Waals surface area contributed by atoms with Gasteiger partial charge in [0, 0.05) is 5.56 Å². The van der Waals surface area contributed by atoms with E-state index in [1.807, 2.05) is 30.3 Å². The van der Waals surface area contributed by atoms with E-state index in [9.17, 15) is 9.59 Å². The van der Waals surface area contributed by atoms with Crippen molar-refractivity contribution in [1.29, 1.82) is 0 Å². The van der Waals surface area contributed by atoms with Crippen LogP contribution in [0.3, 0.4) is 0 Å². The van der Waals surface area contributed by atoms with Crippen LogP contribution in [-0.4, -0.2) is 55.2 Å². The van der Waals surface area contributed by atoms with Gasteiger partial charge in [-0.25, -0.2) is 5.43 Å². The molecule has 0 aliphatic rings. The van der Waals surface area contributed by atoms with Gasteiger partial charge in [0.1, 0.15) is 29.7 Å². The van der Waals surface area contributed by atoms with E-state index < -0.39 is 0 Å². The van der Waals surface area contributed by atoms with Crippen molar-refractivity contribution in [2.45, 2.75) is 39.0 Å². The molecule has 1 aromatic heterocycles. The van der Waals surface area contributed by atoms with Crippen LogP contribution in [0.2, 0.25) is 0 Å². The van der Waals surface area contributed by atoms with E-state index in [1.54, 1.807) is 49.6 Å². The van der Waals surface area contributed by atoms with Crippen molar-refractivity contribution in [3.05, 3.63) is 88.9 Å². The molecule has 0 atom stereocenters. The lowest BCUT2D eigenvalue weighted by Gasteiger charge is -2.12. The lowest BCUT2D eigenvalue weighted by atomic mass is 10.2. The predicted molar refractivity (Wildman–Crippen MR) is 174 cm³/mol. The van der Waals surface area contributed by atoms with Crippen LogP contribution < -0.4 is 29.7 Å². The minimum Gasteiger partial charge on any atom is -0.494 e. The molecule has 0 radical (unpaired) electrons. The third kappa shape index (κ3) is 11.2. The third-order valence-electron chi connectivity index (χ3n) is 6.33. The molecule has 2 N–H and O–H groups in total. The van der Waals surface area contributed by atoms with E-state index in [4.69, 9.17) is 18.9 Å². The first kappa shape index (κ1) is 32.9. The Kier molecular flexibility index (Phi) is 13.2. The average Bonchev–Trinajstić information content (AvgIpc) is 3.50. The Morgan fingerprint density at radius 3 is 2.31 bits per heavy atom. The number of benzene rings is 3. The van der Waals surface area contributed by atoms with Gasteiger partial charge in [0.05, 0.1) is 26.4 Å². The maximum atomic E-state index is 12.3. The smallest absolute Gasteiger partial charge is 0.257 e. The second kappa shape index (κ2) is 18.0. The van der Waals surface area contributed by atoms with Gasteiger partial charge < -0.3 is 18.9 Å². The van der Waals surface area contributed by atoms with Crippen molar-refractivity contribution >= 4 is 34.5 Å². The highest BCUT2D eigenvalue weighted by atomic mass is 32.1. The van der Waals surface area contributed by atoms with E-state index >= 15 is 0 Å². The van der Waals surface area contributed by atoms with E-state index in [0.717, 1.165) is 35.9 Å². The molecule has 2 amide bonds. The predicted octanol–water partition coefficient (Wildman–Crippen LogP) is 5.91. The standard InChI is InChI=1S/C33H37N5O6S/c1-3-4-5-9-18-42-26-13-15-27(16-14-26)43-19-20-44-28-17-12-24(21-29(28)41-2)23-34-36-30(39)22-31-37-38-33(45-31)35-32(40)25-10-7-6-8-11-25/h6-8,10-17,21,23H,3-5,9,18-20,22H2,1-2H3,(H,36,39)(H,35,38,40). The lowest BCUT2D eigenvalue weighted by molar-refractivity contribution is -0.120. The summed E-state index contributed by atoms with van der Waals surface area (Å²) in [6, 6.07) is 21.6. The summed E-state index contributed by atoms with van der Waals surface area (Å²) < 4.78 is 22.9. The molecule has 0 unspecified atom stereocenters. The topological polar surface area (TPSA) is 133 Å². The summed E-state index contributed by atoms with van der Waals surface area (Å²) in [6.45, 7) is 3.59. The molecule has 0 spiro atoms. The molecule has 0 aliphatic heterocycles. The Bertz CT molecular complexity index is 1530. The zero-order chi connectivity index (χ0) is 31.7. The molecule has 0 aliphatic carbocycles. The fourth-order valence-electron chi connectivity index (χ4n) is 4.04. The Balaban J connectivity index is 1.16. The highest BCUT2D eigenvalue weighted by molar-refractivity contribution is 7.15. The minimum absolute atomic E-state index is 0.0363. The molecule has 0 fully saturated rings. The van der Waals surface area contributed by atoms with E-state index in [0.29, 0.717) is 46.0 Å². The van der Waals surface area contributed by atoms with Crippen LogP contribution in [0.25, 0.3) is 0 Å². The van der Waals surface area contributed by atoms with Crippen molar-refractivity contribution in [2.24, 2.45) is 5.10 Å². The van der Waals surface area contributed by atoms with Gasteiger partial charge in [-0.3, -0.25) is 14.9 Å². The largest absolute Gasteiger partial charge is 0.494 e. The van der Waals surface area contributed by atoms with Crippen molar-refractivity contribution in [3.63, 3.8) is 0 Å². The number of carbonyl (C=O) groups is 2. The number of amides is 2. The van der Waals surface area contributed by atoms with Gasteiger partial charge in [-0.1, -0.05) is 55.7 Å². The van der Waals surface area contributed by atoms with Crippen LogP contribution in [0.4, 0.5) is 5.13 Å². The molecule has 3 aromatic carbocycles. The van der Waals surface area contributed by atoms with Gasteiger partial charge in [0.25, 0.3) is 5.91 Å². The van der Waals surface area contributed by atoms with Crippen LogP contribution in [-0.2, 0) is 11.2 Å². The Morgan fingerprint density at radius 1 is 0.844 bits per heavy atom. The molecule has 12 heteroatoms. The highest BCUT2D eigenvalue weighted by Crippen LogP contribution is 2.27. The third-order valence-corrected chi connectivity index (χ3v) is 7.16. The van der Waals surface area contributed by atoms with Gasteiger partial charge in [0.15, 0.2) is 11.5 Å². The monoisotopic (exact) mass is 631 g/mol. The summed E-state index contributed by atoms with van der Waals surface area (Å²) >= 11 is 1.12. The zero-order valence-electron chi connectivity index (χ0n) is 25.4. The number of aromatic nitrogens is 2. The van der Waals surface area contributed by atoms with Crippen LogP contribution in [0.15, 0.2) is 77.9 Å². The summed E-state index contributed by atoms with van der Waals surface area (Å²) in [4.78, 5) is 24.6. The number of hydrazone groups is 1. The van der Waals surface area contributed by atoms with Crippen LogP contribution in [0.5, 0.6) is 23.0 Å². The second-order valence-corrected chi connectivity index (χ2v) is 10.8. The highest BCUT2D eigenvalue weighted by Gasteiger charge is 2.12. The van der Waals surface area contributed by atoms with Gasteiger partial charge in [-0.15, -0.1) is 10.2 Å². The second-order valence-electron chi connectivity index (χ2n) is 9.78. The van der Waals surface area contributed by atoms with E-state index in [1.165, 1.54) is 25.5 Å². The summed E-state index contributed by atoms with van der Waals surface area (Å²) in [5, 5.41) is 15.3. The molecule has 4 rings (SSSR count). The van der Waals surface area contributed by atoms with Gasteiger partial charge >= 0.3 is 0 Å². The maximum absolute atomic E-state index is 12.3. The maximum Gasteiger partial charge on any atom is 0.257 e. The minimum atomic E-state index is -0.375. The van der Waals surface area contributed by atoms with E-state index in [2.05, 4.69) is 33.0 Å². The van der Waals surface area contributed by atoms with Crippen molar-refractivity contribution in [1.82, 2.24) is 15.6 Å². The Morgan fingerprint density at radius 2 is 1.58 bits per heavy atom. The Labute approximate surface area is 266 Å². The number of hydrogen-bond acceptors (Lipinski definition) is 10. The average molecular weight is 632 g/mol. The Hall–Kier alpha value is -4.97. The fourth-order valence-corrected chi connectivity index (χ4v) is 4.77. The first-order valence-electron chi connectivity index (χ1n) is 14.7. The van der Waals surface area contributed by atoms with Crippen molar-refractivity contribution in [3.8, 4) is 23.0 Å². The van der Waals surface area contributed by atoms with E-state index in [-0.39, 0.29) is 18.2 Å². The quantitative estimate of drug-likeness (QED) is 0.0787. The normalized spacial score (nSPS) is 10.8. The zero-order valence-corrected chi connectivity index (χ0v) is 26.2. The van der Waals surface area contributed by atoms with Crippen molar-refractivity contribution < 1.29 is 28.5 Å². The number of methoxy groups -OCH3 is 1. The molecular weight excluding hydrogens is 594 g/mol. The summed E-state index contributed by atoms with van der Waals surface area (Å²) in [5.41, 5.74) is 3.67. The van der Waals surface area contributed by atoms with Crippen LogP contribution in [0.1, 0.15) is 53.5 Å². The molecule has 0 bridgehead atoms. The molecule has 236 valence electrons. The molecule has 1 heterocycles. The molecule has 4 aromatic rings. The molecular formula is C33H37N5O6S. The summed E-state index contributed by atoms with van der Waals surface area (Å²) in [7, 11) is 1.55. The molecule has 0 saturated heterocycles. The summed E-state index contributed by atoms with van der Waals surface area (Å²) in [5.74, 6) is 1.97. The molecule has 45 heavy (non-hydrogen) atoms. The number of hydrogen-bond donors (Lipinski definition) is 2. The number of nitrogens with zero attached hydrogens (tertiary/aromatic N) is 3. The van der Waals surface area contributed by atoms with Crippen LogP contribution >= 0.6 is 11.3 Å². The number of unbranched alkanes of at least 4 members (excludes halogenated alkanes) is 3. The van der Waals surface area contributed by atoms with Gasteiger partial charge in [0.2, 0.25) is 11.0 Å². The number of rotatable bonds is 18. The first-order chi connectivity index (χ1) is 22.0. The number of ether oxygens (including phenoxy) is 4. The van der Waals surface area contributed by atoms with Crippen LogP contribution in [0, 0.1) is 0 Å².